The summed E-state index contributed by atoms with van der Waals surface area (Å²) < 4.78 is 12.9. The molecule has 0 radical (unpaired) electrons. The summed E-state index contributed by atoms with van der Waals surface area (Å²) in [4.78, 5) is 2.47. The summed E-state index contributed by atoms with van der Waals surface area (Å²) in [6.45, 7) is 5.35. The van der Waals surface area contributed by atoms with E-state index in [1.54, 1.807) is 0 Å². The number of hydrogen-bond acceptors (Lipinski definition) is 2. The molecule has 1 unspecified atom stereocenters. The standard InChI is InChI=1S/C19H23FN2/c1-15-3-2-12-22(14-15)19-10-8-18(9-11-19)21-13-16-4-6-17(20)7-5-16/h4-11,15,21H,2-3,12-14H2,1H3. The molecule has 0 aromatic heterocycles. The second-order valence-electron chi connectivity index (χ2n) is 6.22. The van der Waals surface area contributed by atoms with E-state index in [1.807, 2.05) is 12.1 Å². The number of rotatable bonds is 4. The van der Waals surface area contributed by atoms with Crippen LogP contribution in [0.2, 0.25) is 0 Å². The first-order valence-corrected chi connectivity index (χ1v) is 8.04. The van der Waals surface area contributed by atoms with Crippen LogP contribution < -0.4 is 10.2 Å². The van der Waals surface area contributed by atoms with Gasteiger partial charge in [-0.2, -0.15) is 0 Å². The molecule has 0 aliphatic carbocycles. The predicted molar refractivity (Wildman–Crippen MR) is 90.8 cm³/mol. The maximum Gasteiger partial charge on any atom is 0.123 e. The molecular weight excluding hydrogens is 275 g/mol. The third kappa shape index (κ3) is 3.79. The third-order valence-electron chi connectivity index (χ3n) is 4.30. The molecule has 2 aromatic rings. The van der Waals surface area contributed by atoms with Crippen molar-refractivity contribution in [1.29, 1.82) is 0 Å². The zero-order chi connectivity index (χ0) is 15.4. The van der Waals surface area contributed by atoms with Gasteiger partial charge in [0.15, 0.2) is 0 Å². The molecule has 3 rings (SSSR count). The Balaban J connectivity index is 1.58. The minimum Gasteiger partial charge on any atom is -0.381 e. The van der Waals surface area contributed by atoms with Crippen molar-refractivity contribution in [2.45, 2.75) is 26.3 Å². The Morgan fingerprint density at radius 2 is 1.82 bits per heavy atom. The summed E-state index contributed by atoms with van der Waals surface area (Å²) in [6.07, 6.45) is 2.62. The number of halogens is 1. The summed E-state index contributed by atoms with van der Waals surface area (Å²) >= 11 is 0. The SMILES string of the molecule is CC1CCCN(c2ccc(NCc3ccc(F)cc3)cc2)C1. The van der Waals surface area contributed by atoms with Crippen molar-refractivity contribution >= 4 is 11.4 Å². The Labute approximate surface area is 132 Å². The van der Waals surface area contributed by atoms with E-state index in [2.05, 4.69) is 41.4 Å². The molecule has 2 aromatic carbocycles. The fourth-order valence-electron chi connectivity index (χ4n) is 3.02. The molecule has 1 atom stereocenters. The summed E-state index contributed by atoms with van der Waals surface area (Å²) in [7, 11) is 0. The first kappa shape index (κ1) is 14.9. The molecule has 116 valence electrons. The van der Waals surface area contributed by atoms with Crippen LogP contribution in [0.5, 0.6) is 0 Å². The van der Waals surface area contributed by atoms with Gasteiger partial charge in [0.2, 0.25) is 0 Å². The highest BCUT2D eigenvalue weighted by Gasteiger charge is 2.16. The molecule has 1 fully saturated rings. The van der Waals surface area contributed by atoms with E-state index in [0.29, 0.717) is 6.54 Å². The topological polar surface area (TPSA) is 15.3 Å². The molecule has 0 saturated carbocycles. The molecule has 0 amide bonds. The van der Waals surface area contributed by atoms with Gasteiger partial charge in [-0.15, -0.1) is 0 Å². The fraction of sp³-hybridized carbons (Fsp3) is 0.368. The third-order valence-corrected chi connectivity index (χ3v) is 4.30. The number of anilines is 2. The molecule has 2 nitrogen and oxygen atoms in total. The molecule has 0 bridgehead atoms. The molecule has 1 aliphatic heterocycles. The van der Waals surface area contributed by atoms with Crippen molar-refractivity contribution in [2.75, 3.05) is 23.3 Å². The number of nitrogens with one attached hydrogen (secondary N) is 1. The highest BCUT2D eigenvalue weighted by Crippen LogP contribution is 2.24. The van der Waals surface area contributed by atoms with Gasteiger partial charge in [-0.1, -0.05) is 19.1 Å². The summed E-state index contributed by atoms with van der Waals surface area (Å²) in [5.74, 6) is 0.592. The van der Waals surface area contributed by atoms with Gasteiger partial charge in [-0.25, -0.2) is 4.39 Å². The Kier molecular flexibility index (Phi) is 4.62. The van der Waals surface area contributed by atoms with E-state index >= 15 is 0 Å². The van der Waals surface area contributed by atoms with Crippen LogP contribution in [-0.2, 0) is 6.54 Å². The molecule has 0 spiro atoms. The molecule has 22 heavy (non-hydrogen) atoms. The van der Waals surface area contributed by atoms with Crippen LogP contribution in [0.3, 0.4) is 0 Å². The molecule has 1 aliphatic rings. The van der Waals surface area contributed by atoms with Crippen LogP contribution in [0.15, 0.2) is 48.5 Å². The summed E-state index contributed by atoms with van der Waals surface area (Å²) in [5.41, 5.74) is 3.48. The van der Waals surface area contributed by atoms with Crippen molar-refractivity contribution in [3.05, 3.63) is 59.9 Å². The van der Waals surface area contributed by atoms with Crippen molar-refractivity contribution in [3.8, 4) is 0 Å². The first-order valence-electron chi connectivity index (χ1n) is 8.04. The molecule has 1 saturated heterocycles. The lowest BCUT2D eigenvalue weighted by Gasteiger charge is -2.32. The van der Waals surface area contributed by atoms with Gasteiger partial charge < -0.3 is 10.2 Å². The lowest BCUT2D eigenvalue weighted by atomic mass is 10.00. The van der Waals surface area contributed by atoms with Crippen LogP contribution in [0.1, 0.15) is 25.3 Å². The molecule has 3 heteroatoms. The Hall–Kier alpha value is -2.03. The maximum atomic E-state index is 12.9. The number of nitrogens with zero attached hydrogens (tertiary/aromatic N) is 1. The van der Waals surface area contributed by atoms with E-state index in [1.165, 1.54) is 30.7 Å². The van der Waals surface area contributed by atoms with E-state index in [4.69, 9.17) is 0 Å². The highest BCUT2D eigenvalue weighted by molar-refractivity contribution is 5.55. The minimum atomic E-state index is -0.191. The second kappa shape index (κ2) is 6.82. The average molecular weight is 298 g/mol. The van der Waals surface area contributed by atoms with E-state index in [0.717, 1.165) is 30.3 Å². The van der Waals surface area contributed by atoms with Gasteiger partial charge in [0.25, 0.3) is 0 Å². The lowest BCUT2D eigenvalue weighted by molar-refractivity contribution is 0.447. The van der Waals surface area contributed by atoms with Crippen LogP contribution in [-0.4, -0.2) is 13.1 Å². The van der Waals surface area contributed by atoms with Crippen LogP contribution in [0.4, 0.5) is 15.8 Å². The molecule has 1 N–H and O–H groups in total. The molecule has 1 heterocycles. The van der Waals surface area contributed by atoms with Crippen molar-refractivity contribution in [3.63, 3.8) is 0 Å². The minimum absolute atomic E-state index is 0.191. The van der Waals surface area contributed by atoms with Crippen LogP contribution in [0, 0.1) is 11.7 Å². The van der Waals surface area contributed by atoms with Gasteiger partial charge in [0.1, 0.15) is 5.82 Å². The van der Waals surface area contributed by atoms with Gasteiger partial charge in [0, 0.05) is 31.0 Å². The molecular formula is C19H23FN2. The normalized spacial score (nSPS) is 18.3. The zero-order valence-corrected chi connectivity index (χ0v) is 13.1. The average Bonchev–Trinajstić information content (AvgIpc) is 2.55. The fourth-order valence-corrected chi connectivity index (χ4v) is 3.02. The van der Waals surface area contributed by atoms with Gasteiger partial charge in [-0.05, 0) is 60.7 Å². The van der Waals surface area contributed by atoms with Gasteiger partial charge >= 0.3 is 0 Å². The first-order chi connectivity index (χ1) is 10.7. The van der Waals surface area contributed by atoms with E-state index < -0.39 is 0 Å². The van der Waals surface area contributed by atoms with Crippen LogP contribution in [0.25, 0.3) is 0 Å². The summed E-state index contributed by atoms with van der Waals surface area (Å²) in [5, 5.41) is 3.38. The Morgan fingerprint density at radius 3 is 2.50 bits per heavy atom. The van der Waals surface area contributed by atoms with Gasteiger partial charge in [-0.3, -0.25) is 0 Å². The quantitative estimate of drug-likeness (QED) is 0.882. The monoisotopic (exact) mass is 298 g/mol. The zero-order valence-electron chi connectivity index (χ0n) is 13.1. The smallest absolute Gasteiger partial charge is 0.123 e. The largest absolute Gasteiger partial charge is 0.381 e. The predicted octanol–water partition coefficient (Wildman–Crippen LogP) is 4.67. The maximum absolute atomic E-state index is 12.9. The number of piperidine rings is 1. The van der Waals surface area contributed by atoms with Crippen LogP contribution >= 0.6 is 0 Å². The van der Waals surface area contributed by atoms with E-state index in [-0.39, 0.29) is 5.82 Å². The van der Waals surface area contributed by atoms with E-state index in [9.17, 15) is 4.39 Å². The second-order valence-corrected chi connectivity index (χ2v) is 6.22. The van der Waals surface area contributed by atoms with Crippen molar-refractivity contribution in [2.24, 2.45) is 5.92 Å². The van der Waals surface area contributed by atoms with Gasteiger partial charge in [0.05, 0.1) is 0 Å². The summed E-state index contributed by atoms with van der Waals surface area (Å²) in [6, 6.07) is 15.2. The number of benzene rings is 2. The lowest BCUT2D eigenvalue weighted by Crippen LogP contribution is -2.34. The van der Waals surface area contributed by atoms with Crippen molar-refractivity contribution in [1.82, 2.24) is 0 Å². The highest BCUT2D eigenvalue weighted by atomic mass is 19.1. The van der Waals surface area contributed by atoms with Crippen molar-refractivity contribution < 1.29 is 4.39 Å². The Bertz CT molecular complexity index is 592. The Morgan fingerprint density at radius 1 is 1.09 bits per heavy atom. The number of hydrogen-bond donors (Lipinski definition) is 1.